The van der Waals surface area contributed by atoms with E-state index in [0.717, 1.165) is 0 Å². The monoisotopic (exact) mass is 245 g/mol. The van der Waals surface area contributed by atoms with Crippen LogP contribution in [0.5, 0.6) is 0 Å². The Bertz CT molecular complexity index is 160. The van der Waals surface area contributed by atoms with Crippen LogP contribution in [0.2, 0.25) is 0 Å². The van der Waals surface area contributed by atoms with Gasteiger partial charge in [0.05, 0.1) is 13.2 Å². The first-order valence-corrected chi connectivity index (χ1v) is 5.28. The quantitative estimate of drug-likeness (QED) is 0.274. The summed E-state index contributed by atoms with van der Waals surface area (Å²) in [6, 6.07) is 0. The van der Waals surface area contributed by atoms with Gasteiger partial charge in [0.25, 0.3) is 0 Å². The molecule has 0 atom stereocenters. The van der Waals surface area contributed by atoms with Gasteiger partial charge in [-0.15, -0.1) is 0 Å². The van der Waals surface area contributed by atoms with Crippen molar-refractivity contribution in [2.24, 2.45) is 0 Å². The molecule has 0 saturated carbocycles. The maximum atomic E-state index is 10.5. The van der Waals surface area contributed by atoms with Crippen molar-refractivity contribution in [3.63, 3.8) is 0 Å². The minimum Gasteiger partial charge on any atom is -0.395 e. The van der Waals surface area contributed by atoms with E-state index in [2.05, 4.69) is 0 Å². The SMILES string of the molecule is O=P(O)(O)CN(CCO)CCO.[Na+].[Na+]. The molecular weight excluding hydrogens is 231 g/mol. The van der Waals surface area contributed by atoms with Gasteiger partial charge in [-0.1, -0.05) is 0 Å². The Kier molecular flexibility index (Phi) is 17.5. The minimum absolute atomic E-state index is 0. The summed E-state index contributed by atoms with van der Waals surface area (Å²) >= 11 is 0. The van der Waals surface area contributed by atoms with Gasteiger partial charge in [-0.2, -0.15) is 0 Å². The zero-order valence-electron chi connectivity index (χ0n) is 8.63. The van der Waals surface area contributed by atoms with Crippen LogP contribution in [-0.2, 0) is 4.57 Å². The molecule has 14 heavy (non-hydrogen) atoms. The first-order chi connectivity index (χ1) is 5.49. The summed E-state index contributed by atoms with van der Waals surface area (Å²) in [6.45, 7) is -0.0443. The molecule has 4 N–H and O–H groups in total. The molecule has 0 aromatic heterocycles. The second kappa shape index (κ2) is 11.5. The summed E-state index contributed by atoms with van der Waals surface area (Å²) < 4.78 is 10.5. The number of hydrogen-bond donors (Lipinski definition) is 4. The number of rotatable bonds is 6. The van der Waals surface area contributed by atoms with Gasteiger partial charge in [-0.05, 0) is 0 Å². The third-order valence-electron chi connectivity index (χ3n) is 1.22. The Labute approximate surface area is 127 Å². The van der Waals surface area contributed by atoms with Gasteiger partial charge in [0, 0.05) is 13.1 Å². The average Bonchev–Trinajstić information content (AvgIpc) is 1.84. The van der Waals surface area contributed by atoms with Gasteiger partial charge in [0.15, 0.2) is 0 Å². The molecule has 0 fully saturated rings. The van der Waals surface area contributed by atoms with Gasteiger partial charge in [0.1, 0.15) is 6.29 Å². The van der Waals surface area contributed by atoms with Crippen LogP contribution in [0.4, 0.5) is 0 Å². The fraction of sp³-hybridized carbons (Fsp3) is 1.00. The normalized spacial score (nSPS) is 10.6. The van der Waals surface area contributed by atoms with Gasteiger partial charge in [-0.3, -0.25) is 9.46 Å². The van der Waals surface area contributed by atoms with Crippen LogP contribution in [0.15, 0.2) is 0 Å². The maximum Gasteiger partial charge on any atom is 1.00 e. The summed E-state index contributed by atoms with van der Waals surface area (Å²) in [7, 11) is -4.08. The summed E-state index contributed by atoms with van der Waals surface area (Å²) in [5, 5.41) is 17.0. The molecule has 0 aromatic carbocycles. The molecule has 0 heterocycles. The summed E-state index contributed by atoms with van der Waals surface area (Å²) in [5.74, 6) is 0. The first-order valence-electron chi connectivity index (χ1n) is 3.48. The van der Waals surface area contributed by atoms with Crippen molar-refractivity contribution in [1.82, 2.24) is 4.90 Å². The largest absolute Gasteiger partial charge is 1.00 e. The van der Waals surface area contributed by atoms with Gasteiger partial charge < -0.3 is 20.0 Å². The van der Waals surface area contributed by atoms with Crippen LogP contribution < -0.4 is 59.1 Å². The zero-order chi connectivity index (χ0) is 9.61. The number of hydrogen-bond acceptors (Lipinski definition) is 4. The second-order valence-corrected chi connectivity index (χ2v) is 3.98. The number of aliphatic hydroxyl groups is 2. The molecule has 0 aliphatic rings. The first kappa shape index (κ1) is 21.3. The van der Waals surface area contributed by atoms with Crippen molar-refractivity contribution >= 4 is 7.60 Å². The molecule has 6 nitrogen and oxygen atoms in total. The van der Waals surface area contributed by atoms with Crippen molar-refractivity contribution in [3.8, 4) is 0 Å². The Morgan fingerprint density at radius 3 is 1.57 bits per heavy atom. The molecule has 74 valence electrons. The molecular formula is C5H14NNa2O5P+2. The molecule has 9 heteroatoms. The van der Waals surface area contributed by atoms with Crippen LogP contribution in [0.3, 0.4) is 0 Å². The van der Waals surface area contributed by atoms with Crippen molar-refractivity contribution in [3.05, 3.63) is 0 Å². The van der Waals surface area contributed by atoms with Crippen LogP contribution >= 0.6 is 7.60 Å². The summed E-state index contributed by atoms with van der Waals surface area (Å²) in [5.41, 5.74) is 0. The van der Waals surface area contributed by atoms with Crippen molar-refractivity contribution < 1.29 is 83.7 Å². The minimum atomic E-state index is -4.08. The maximum absolute atomic E-state index is 10.5. The van der Waals surface area contributed by atoms with Crippen molar-refractivity contribution in [2.45, 2.75) is 0 Å². The van der Waals surface area contributed by atoms with Crippen LogP contribution in [0.25, 0.3) is 0 Å². The Hall–Kier alpha value is 2.03. The molecule has 0 aromatic rings. The number of nitrogens with zero attached hydrogens (tertiary/aromatic N) is 1. The molecule has 0 radical (unpaired) electrons. The fourth-order valence-corrected chi connectivity index (χ4v) is 1.60. The topological polar surface area (TPSA) is 101 Å². The Balaban J connectivity index is -0.000000605. The van der Waals surface area contributed by atoms with Gasteiger partial charge >= 0.3 is 66.7 Å². The molecule has 0 rings (SSSR count). The third-order valence-corrected chi connectivity index (χ3v) is 1.99. The molecule has 0 bridgehead atoms. The van der Waals surface area contributed by atoms with Crippen LogP contribution in [0, 0.1) is 0 Å². The molecule has 0 aliphatic carbocycles. The van der Waals surface area contributed by atoms with Crippen LogP contribution in [0.1, 0.15) is 0 Å². The Morgan fingerprint density at radius 1 is 1.00 bits per heavy atom. The Morgan fingerprint density at radius 2 is 1.36 bits per heavy atom. The van der Waals surface area contributed by atoms with E-state index in [4.69, 9.17) is 20.0 Å². The third kappa shape index (κ3) is 14.0. The van der Waals surface area contributed by atoms with Crippen molar-refractivity contribution in [1.29, 1.82) is 0 Å². The van der Waals surface area contributed by atoms with E-state index < -0.39 is 13.9 Å². The van der Waals surface area contributed by atoms with Gasteiger partial charge in [-0.25, -0.2) is 0 Å². The van der Waals surface area contributed by atoms with Gasteiger partial charge in [0.2, 0.25) is 0 Å². The van der Waals surface area contributed by atoms with E-state index in [1.807, 2.05) is 0 Å². The molecule has 0 saturated heterocycles. The fourth-order valence-electron chi connectivity index (χ4n) is 0.797. The number of aliphatic hydroxyl groups excluding tert-OH is 2. The standard InChI is InChI=1S/C5H14NO5P.2Na/c7-3-1-6(2-4-8)5-12(9,10)11;;/h7-8H,1-5H2,(H2,9,10,11);;/q;2*+1. The smallest absolute Gasteiger partial charge is 0.395 e. The van der Waals surface area contributed by atoms with E-state index in [1.165, 1.54) is 4.90 Å². The summed E-state index contributed by atoms with van der Waals surface area (Å²) in [6.07, 6.45) is -0.422. The predicted molar refractivity (Wildman–Crippen MR) is 42.7 cm³/mol. The second-order valence-electron chi connectivity index (χ2n) is 2.37. The zero-order valence-corrected chi connectivity index (χ0v) is 13.5. The predicted octanol–water partition coefficient (Wildman–Crippen LogP) is -7.58. The van der Waals surface area contributed by atoms with E-state index in [1.54, 1.807) is 0 Å². The van der Waals surface area contributed by atoms with Crippen molar-refractivity contribution in [2.75, 3.05) is 32.6 Å². The molecule has 0 unspecified atom stereocenters. The van der Waals surface area contributed by atoms with E-state index in [9.17, 15) is 4.57 Å². The van der Waals surface area contributed by atoms with Crippen LogP contribution in [-0.4, -0.2) is 57.5 Å². The summed E-state index contributed by atoms with van der Waals surface area (Å²) in [4.78, 5) is 18.4. The molecule has 0 spiro atoms. The van der Waals surface area contributed by atoms with E-state index >= 15 is 0 Å². The van der Waals surface area contributed by atoms with E-state index in [0.29, 0.717) is 0 Å². The van der Waals surface area contributed by atoms with E-state index in [-0.39, 0.29) is 85.4 Å². The molecule has 0 amide bonds. The average molecular weight is 245 g/mol. The molecule has 0 aliphatic heterocycles.